The molecule has 2 rings (SSSR count). The number of hydrogen-bond acceptors (Lipinski definition) is 2. The molecule has 2 nitrogen and oxygen atoms in total. The van der Waals surface area contributed by atoms with Crippen LogP contribution in [0, 0.1) is 11.6 Å². The largest absolute Gasteiger partial charge is 0.383 e. The topological polar surface area (TPSA) is 33.1 Å². The van der Waals surface area contributed by atoms with E-state index in [1.54, 1.807) is 12.1 Å². The summed E-state index contributed by atoms with van der Waals surface area (Å²) in [6.45, 7) is 1.81. The van der Waals surface area contributed by atoms with E-state index in [0.717, 1.165) is 6.20 Å². The second-order valence-electron chi connectivity index (χ2n) is 4.55. The number of benzene rings is 1. The van der Waals surface area contributed by atoms with E-state index in [1.165, 1.54) is 24.3 Å². The Balaban J connectivity index is 2.29. The molecule has 1 N–H and O–H groups in total. The summed E-state index contributed by atoms with van der Waals surface area (Å²) in [6, 6.07) is 8.79. The molecule has 0 aliphatic heterocycles. The van der Waals surface area contributed by atoms with Crippen LogP contribution in [-0.2, 0) is 12.0 Å². The van der Waals surface area contributed by atoms with Crippen LogP contribution in [-0.4, -0.2) is 10.1 Å². The van der Waals surface area contributed by atoms with E-state index in [1.807, 2.05) is 6.92 Å². The van der Waals surface area contributed by atoms with Crippen LogP contribution in [0.5, 0.6) is 0 Å². The van der Waals surface area contributed by atoms with Crippen molar-refractivity contribution in [1.82, 2.24) is 4.98 Å². The second-order valence-corrected chi connectivity index (χ2v) is 4.55. The summed E-state index contributed by atoms with van der Waals surface area (Å²) in [5.41, 5.74) is -0.155. The van der Waals surface area contributed by atoms with Gasteiger partial charge in [-0.05, 0) is 36.2 Å². The maximum atomic E-state index is 13.2. The Hall–Kier alpha value is -1.81. The highest BCUT2D eigenvalue weighted by Gasteiger charge is 2.29. The van der Waals surface area contributed by atoms with Gasteiger partial charge in [0.2, 0.25) is 0 Å². The molecule has 0 radical (unpaired) electrons. The van der Waals surface area contributed by atoms with Gasteiger partial charge in [0.05, 0.1) is 11.9 Å². The minimum atomic E-state index is -1.22. The molecule has 0 saturated heterocycles. The molecule has 0 fully saturated rings. The highest BCUT2D eigenvalue weighted by molar-refractivity contribution is 5.23. The number of pyridine rings is 1. The first-order valence-corrected chi connectivity index (χ1v) is 6.12. The predicted octanol–water partition coefficient (Wildman–Crippen LogP) is 3.20. The molecule has 19 heavy (non-hydrogen) atoms. The molecule has 0 spiro atoms. The average Bonchev–Trinajstić information content (AvgIpc) is 2.39. The van der Waals surface area contributed by atoms with Crippen LogP contribution in [0.1, 0.15) is 24.6 Å². The van der Waals surface area contributed by atoms with E-state index in [9.17, 15) is 13.9 Å². The van der Waals surface area contributed by atoms with Crippen LogP contribution in [0.3, 0.4) is 0 Å². The number of aromatic nitrogens is 1. The summed E-state index contributed by atoms with van der Waals surface area (Å²) in [5.74, 6) is -0.795. The summed E-state index contributed by atoms with van der Waals surface area (Å²) < 4.78 is 26.0. The van der Waals surface area contributed by atoms with Gasteiger partial charge in [-0.2, -0.15) is 0 Å². The van der Waals surface area contributed by atoms with E-state index in [0.29, 0.717) is 17.7 Å². The van der Waals surface area contributed by atoms with Crippen LogP contribution >= 0.6 is 0 Å². The summed E-state index contributed by atoms with van der Waals surface area (Å²) >= 11 is 0. The Labute approximate surface area is 110 Å². The normalized spacial score (nSPS) is 14.1. The van der Waals surface area contributed by atoms with Gasteiger partial charge < -0.3 is 5.11 Å². The van der Waals surface area contributed by atoms with E-state index < -0.39 is 11.4 Å². The quantitative estimate of drug-likeness (QED) is 0.919. The molecule has 1 aromatic carbocycles. The van der Waals surface area contributed by atoms with Crippen LogP contribution < -0.4 is 0 Å². The fourth-order valence-corrected chi connectivity index (χ4v) is 2.03. The van der Waals surface area contributed by atoms with Gasteiger partial charge in [-0.15, -0.1) is 0 Å². The third kappa shape index (κ3) is 3.15. The molecule has 2 aromatic rings. The van der Waals surface area contributed by atoms with Crippen LogP contribution in [0.15, 0.2) is 42.6 Å². The minimum Gasteiger partial charge on any atom is -0.383 e. The molecule has 0 amide bonds. The second kappa shape index (κ2) is 5.45. The van der Waals surface area contributed by atoms with Gasteiger partial charge >= 0.3 is 0 Å². The van der Waals surface area contributed by atoms with Crippen LogP contribution in [0.25, 0.3) is 0 Å². The van der Waals surface area contributed by atoms with Crippen molar-refractivity contribution < 1.29 is 13.9 Å². The lowest BCUT2D eigenvalue weighted by Crippen LogP contribution is -2.29. The third-order valence-electron chi connectivity index (χ3n) is 3.17. The van der Waals surface area contributed by atoms with Crippen molar-refractivity contribution in [2.45, 2.75) is 25.4 Å². The fraction of sp³-hybridized carbons (Fsp3) is 0.267. The van der Waals surface area contributed by atoms with Gasteiger partial charge in [0.15, 0.2) is 0 Å². The van der Waals surface area contributed by atoms with Crippen LogP contribution in [0.4, 0.5) is 8.78 Å². The summed E-state index contributed by atoms with van der Waals surface area (Å²) in [5, 5.41) is 10.6. The first-order valence-electron chi connectivity index (χ1n) is 6.12. The first-order chi connectivity index (χ1) is 9.03. The van der Waals surface area contributed by atoms with Gasteiger partial charge in [0, 0.05) is 6.42 Å². The number of halogens is 2. The maximum absolute atomic E-state index is 13.2. The molecule has 4 heteroatoms. The highest BCUT2D eigenvalue weighted by atomic mass is 19.1. The molecule has 1 atom stereocenters. The summed E-state index contributed by atoms with van der Waals surface area (Å²) in [6.07, 6.45) is 1.71. The lowest BCUT2D eigenvalue weighted by atomic mass is 9.88. The van der Waals surface area contributed by atoms with E-state index >= 15 is 0 Å². The van der Waals surface area contributed by atoms with Gasteiger partial charge in [-0.1, -0.05) is 19.1 Å². The zero-order chi connectivity index (χ0) is 13.9. The van der Waals surface area contributed by atoms with Crippen molar-refractivity contribution in [2.75, 3.05) is 0 Å². The van der Waals surface area contributed by atoms with Crippen molar-refractivity contribution >= 4 is 0 Å². The molecule has 0 aliphatic carbocycles. The third-order valence-corrected chi connectivity index (χ3v) is 3.17. The molecular formula is C15H15F2NO. The number of hydrogen-bond donors (Lipinski definition) is 1. The Morgan fingerprint density at radius 1 is 1.16 bits per heavy atom. The Kier molecular flexibility index (Phi) is 3.90. The molecule has 0 aliphatic rings. The van der Waals surface area contributed by atoms with Crippen molar-refractivity contribution in [1.29, 1.82) is 0 Å². The molecule has 1 aromatic heterocycles. The van der Waals surface area contributed by atoms with Crippen molar-refractivity contribution in [3.63, 3.8) is 0 Å². The summed E-state index contributed by atoms with van der Waals surface area (Å²) in [7, 11) is 0. The van der Waals surface area contributed by atoms with Gasteiger partial charge in [0.1, 0.15) is 17.2 Å². The SMILES string of the molecule is CCC(O)(Cc1cccc(F)c1)c1ccc(F)cn1. The Morgan fingerprint density at radius 2 is 1.95 bits per heavy atom. The molecular weight excluding hydrogens is 248 g/mol. The zero-order valence-corrected chi connectivity index (χ0v) is 10.6. The standard InChI is InChI=1S/C15H15F2NO/c1-2-15(19,14-7-6-13(17)10-18-14)9-11-4-3-5-12(16)8-11/h3-8,10,19H,2,9H2,1H3. The maximum Gasteiger partial charge on any atom is 0.141 e. The van der Waals surface area contributed by atoms with Crippen molar-refractivity contribution in [3.05, 3.63) is 65.5 Å². The molecule has 0 bridgehead atoms. The molecule has 1 heterocycles. The minimum absolute atomic E-state index is 0.236. The summed E-state index contributed by atoms with van der Waals surface area (Å²) in [4.78, 5) is 3.92. The van der Waals surface area contributed by atoms with Gasteiger partial charge in [-0.25, -0.2) is 8.78 Å². The molecule has 100 valence electrons. The lowest BCUT2D eigenvalue weighted by Gasteiger charge is -2.26. The molecule has 1 unspecified atom stereocenters. The van der Waals surface area contributed by atoms with E-state index in [4.69, 9.17) is 0 Å². The highest BCUT2D eigenvalue weighted by Crippen LogP contribution is 2.28. The number of aliphatic hydroxyl groups is 1. The fourth-order valence-electron chi connectivity index (χ4n) is 2.03. The van der Waals surface area contributed by atoms with Crippen LogP contribution in [0.2, 0.25) is 0 Å². The Bertz CT molecular complexity index is 556. The number of nitrogens with zero attached hydrogens (tertiary/aromatic N) is 1. The smallest absolute Gasteiger partial charge is 0.141 e. The van der Waals surface area contributed by atoms with Crippen molar-refractivity contribution in [3.8, 4) is 0 Å². The zero-order valence-electron chi connectivity index (χ0n) is 10.6. The number of rotatable bonds is 4. The monoisotopic (exact) mass is 263 g/mol. The van der Waals surface area contributed by atoms with E-state index in [2.05, 4.69) is 4.98 Å². The average molecular weight is 263 g/mol. The van der Waals surface area contributed by atoms with Gasteiger partial charge in [-0.3, -0.25) is 4.98 Å². The Morgan fingerprint density at radius 3 is 2.53 bits per heavy atom. The predicted molar refractivity (Wildman–Crippen MR) is 68.5 cm³/mol. The van der Waals surface area contributed by atoms with E-state index in [-0.39, 0.29) is 12.2 Å². The van der Waals surface area contributed by atoms with Gasteiger partial charge in [0.25, 0.3) is 0 Å². The first kappa shape index (κ1) is 13.6. The van der Waals surface area contributed by atoms with Crippen molar-refractivity contribution in [2.24, 2.45) is 0 Å². The molecule has 0 saturated carbocycles. The lowest BCUT2D eigenvalue weighted by molar-refractivity contribution is 0.0281.